The zero-order chi connectivity index (χ0) is 16.0. The van der Waals surface area contributed by atoms with Crippen LogP contribution in [0.1, 0.15) is 5.56 Å². The smallest absolute Gasteiger partial charge is 0.378 e. The van der Waals surface area contributed by atoms with E-state index in [2.05, 4.69) is 4.74 Å². The van der Waals surface area contributed by atoms with E-state index in [1.807, 2.05) is 0 Å². The standard InChI is InChI=1S/C14H16O7/c1-18-8-5-11(19-2)13(12(6-8)20-3)9(15)7-10(16)14(17)21-4/h5-7,15H,1-4H3/b9-7-. The predicted molar refractivity (Wildman–Crippen MR) is 73.7 cm³/mol. The molecule has 0 aliphatic rings. The zero-order valence-corrected chi connectivity index (χ0v) is 12.1. The number of ether oxygens (including phenoxy) is 4. The summed E-state index contributed by atoms with van der Waals surface area (Å²) in [6, 6.07) is 3.01. The van der Waals surface area contributed by atoms with Crippen LogP contribution in [-0.4, -0.2) is 45.3 Å². The molecule has 0 fully saturated rings. The minimum Gasteiger partial charge on any atom is -0.507 e. The maximum absolute atomic E-state index is 11.5. The van der Waals surface area contributed by atoms with Crippen molar-refractivity contribution in [1.82, 2.24) is 0 Å². The van der Waals surface area contributed by atoms with Gasteiger partial charge in [-0.1, -0.05) is 0 Å². The molecule has 1 N–H and O–H groups in total. The highest BCUT2D eigenvalue weighted by atomic mass is 16.5. The molecule has 21 heavy (non-hydrogen) atoms. The largest absolute Gasteiger partial charge is 0.507 e. The summed E-state index contributed by atoms with van der Waals surface area (Å²) in [5, 5.41) is 10.1. The summed E-state index contributed by atoms with van der Waals surface area (Å²) >= 11 is 0. The van der Waals surface area contributed by atoms with Gasteiger partial charge in [0, 0.05) is 18.2 Å². The lowest BCUT2D eigenvalue weighted by molar-refractivity contribution is -0.149. The number of ketones is 1. The number of benzene rings is 1. The summed E-state index contributed by atoms with van der Waals surface area (Å²) < 4.78 is 19.6. The monoisotopic (exact) mass is 296 g/mol. The molecule has 0 heterocycles. The third-order valence-electron chi connectivity index (χ3n) is 2.63. The molecule has 0 bridgehead atoms. The van der Waals surface area contributed by atoms with Gasteiger partial charge in [-0.2, -0.15) is 0 Å². The van der Waals surface area contributed by atoms with Crippen LogP contribution < -0.4 is 14.2 Å². The molecule has 0 atom stereocenters. The van der Waals surface area contributed by atoms with Gasteiger partial charge < -0.3 is 24.1 Å². The quantitative estimate of drug-likeness (QED) is 0.366. The van der Waals surface area contributed by atoms with Gasteiger partial charge >= 0.3 is 5.97 Å². The first-order chi connectivity index (χ1) is 9.98. The fourth-order valence-electron chi connectivity index (χ4n) is 1.61. The summed E-state index contributed by atoms with van der Waals surface area (Å²) in [5.41, 5.74) is 0.123. The molecule has 1 aromatic carbocycles. The number of aliphatic hydroxyl groups excluding tert-OH is 1. The molecule has 0 spiro atoms. The SMILES string of the molecule is COC(=O)C(=O)/C=C(\O)c1c(OC)cc(OC)cc1OC. The van der Waals surface area contributed by atoms with Crippen molar-refractivity contribution in [2.24, 2.45) is 0 Å². The van der Waals surface area contributed by atoms with Crippen LogP contribution in [0.2, 0.25) is 0 Å². The molecule has 0 aliphatic heterocycles. The molecule has 0 aromatic heterocycles. The van der Waals surface area contributed by atoms with Gasteiger partial charge in [-0.3, -0.25) is 4.79 Å². The fraction of sp³-hybridized carbons (Fsp3) is 0.286. The van der Waals surface area contributed by atoms with Gasteiger partial charge in [-0.05, 0) is 0 Å². The molecule has 114 valence electrons. The van der Waals surface area contributed by atoms with Gasteiger partial charge in [0.25, 0.3) is 5.78 Å². The molecular weight excluding hydrogens is 280 g/mol. The van der Waals surface area contributed by atoms with E-state index in [0.29, 0.717) is 5.75 Å². The molecule has 0 radical (unpaired) electrons. The Bertz CT molecular complexity index is 550. The second-order valence-electron chi connectivity index (χ2n) is 3.79. The second-order valence-corrected chi connectivity index (χ2v) is 3.79. The van der Waals surface area contributed by atoms with Crippen molar-refractivity contribution in [3.63, 3.8) is 0 Å². The summed E-state index contributed by atoms with van der Waals surface area (Å²) in [7, 11) is 5.30. The van der Waals surface area contributed by atoms with E-state index in [1.165, 1.54) is 33.5 Å². The normalized spacial score (nSPS) is 10.8. The molecule has 7 heteroatoms. The van der Waals surface area contributed by atoms with E-state index < -0.39 is 17.5 Å². The highest BCUT2D eigenvalue weighted by Gasteiger charge is 2.20. The number of carbonyl (C=O) groups excluding carboxylic acids is 2. The van der Waals surface area contributed by atoms with Crippen LogP contribution in [0, 0.1) is 0 Å². The molecular formula is C14H16O7. The molecule has 0 unspecified atom stereocenters. The number of hydrogen-bond donors (Lipinski definition) is 1. The Morgan fingerprint density at radius 2 is 1.52 bits per heavy atom. The first-order valence-corrected chi connectivity index (χ1v) is 5.81. The van der Waals surface area contributed by atoms with Crippen LogP contribution in [0.4, 0.5) is 0 Å². The molecule has 0 aliphatic carbocycles. The van der Waals surface area contributed by atoms with Crippen molar-refractivity contribution >= 4 is 17.5 Å². The zero-order valence-electron chi connectivity index (χ0n) is 12.1. The lowest BCUT2D eigenvalue weighted by Crippen LogP contribution is -2.13. The fourth-order valence-corrected chi connectivity index (χ4v) is 1.61. The second kappa shape index (κ2) is 7.18. The van der Waals surface area contributed by atoms with Gasteiger partial charge in [-0.15, -0.1) is 0 Å². The van der Waals surface area contributed by atoms with Gasteiger partial charge in [0.05, 0.1) is 28.4 Å². The molecule has 0 saturated carbocycles. The number of methoxy groups -OCH3 is 4. The average molecular weight is 296 g/mol. The lowest BCUT2D eigenvalue weighted by Gasteiger charge is -2.14. The molecule has 1 rings (SSSR count). The molecule has 0 amide bonds. The van der Waals surface area contributed by atoms with E-state index in [-0.39, 0.29) is 17.1 Å². The predicted octanol–water partition coefficient (Wildman–Crippen LogP) is 1.35. The lowest BCUT2D eigenvalue weighted by atomic mass is 10.1. The first kappa shape index (κ1) is 16.4. The van der Waals surface area contributed by atoms with Crippen LogP contribution >= 0.6 is 0 Å². The summed E-state index contributed by atoms with van der Waals surface area (Å²) in [6.45, 7) is 0. The maximum Gasteiger partial charge on any atom is 0.378 e. The van der Waals surface area contributed by atoms with E-state index in [0.717, 1.165) is 13.2 Å². The average Bonchev–Trinajstić information content (AvgIpc) is 2.51. The van der Waals surface area contributed by atoms with E-state index in [1.54, 1.807) is 0 Å². The minimum absolute atomic E-state index is 0.123. The minimum atomic E-state index is -1.09. The number of aliphatic hydroxyl groups is 1. The Labute approximate surface area is 121 Å². The van der Waals surface area contributed by atoms with Crippen molar-refractivity contribution in [3.05, 3.63) is 23.8 Å². The Kier molecular flexibility index (Phi) is 5.59. The first-order valence-electron chi connectivity index (χ1n) is 5.81. The highest BCUT2D eigenvalue weighted by Crippen LogP contribution is 2.37. The molecule has 7 nitrogen and oxygen atoms in total. The van der Waals surface area contributed by atoms with Crippen LogP contribution in [0.25, 0.3) is 5.76 Å². The highest BCUT2D eigenvalue weighted by molar-refractivity contribution is 6.39. The molecule has 0 saturated heterocycles. The molecule has 1 aromatic rings. The van der Waals surface area contributed by atoms with Crippen molar-refractivity contribution in [2.75, 3.05) is 28.4 Å². The Morgan fingerprint density at radius 1 is 1.00 bits per heavy atom. The van der Waals surface area contributed by atoms with Crippen molar-refractivity contribution in [1.29, 1.82) is 0 Å². The third-order valence-corrected chi connectivity index (χ3v) is 2.63. The number of carbonyl (C=O) groups is 2. The van der Waals surface area contributed by atoms with Crippen LogP contribution in [0.3, 0.4) is 0 Å². The van der Waals surface area contributed by atoms with Crippen LogP contribution in [0.15, 0.2) is 18.2 Å². The number of rotatable bonds is 6. The Balaban J connectivity index is 3.37. The summed E-state index contributed by atoms with van der Waals surface area (Å²) in [4.78, 5) is 22.5. The van der Waals surface area contributed by atoms with Crippen molar-refractivity contribution in [2.45, 2.75) is 0 Å². The van der Waals surface area contributed by atoms with Gasteiger partial charge in [0.2, 0.25) is 0 Å². The topological polar surface area (TPSA) is 91.3 Å². The van der Waals surface area contributed by atoms with E-state index in [4.69, 9.17) is 14.2 Å². The van der Waals surface area contributed by atoms with Crippen molar-refractivity contribution < 1.29 is 33.6 Å². The Morgan fingerprint density at radius 3 is 1.90 bits per heavy atom. The summed E-state index contributed by atoms with van der Waals surface area (Å²) in [5.74, 6) is -1.69. The number of esters is 1. The van der Waals surface area contributed by atoms with Gasteiger partial charge in [-0.25, -0.2) is 4.79 Å². The van der Waals surface area contributed by atoms with E-state index >= 15 is 0 Å². The maximum atomic E-state index is 11.5. The van der Waals surface area contributed by atoms with Gasteiger partial charge in [0.1, 0.15) is 28.6 Å². The van der Waals surface area contributed by atoms with Crippen molar-refractivity contribution in [3.8, 4) is 17.2 Å². The van der Waals surface area contributed by atoms with Crippen LogP contribution in [-0.2, 0) is 14.3 Å². The third kappa shape index (κ3) is 3.65. The summed E-state index contributed by atoms with van der Waals surface area (Å²) in [6.07, 6.45) is 0.735. The van der Waals surface area contributed by atoms with Gasteiger partial charge in [0.15, 0.2) is 0 Å². The Hall–Kier alpha value is -2.70. The van der Waals surface area contributed by atoms with Crippen LogP contribution in [0.5, 0.6) is 17.2 Å². The van der Waals surface area contributed by atoms with E-state index in [9.17, 15) is 14.7 Å². The number of hydrogen-bond acceptors (Lipinski definition) is 7.